The Morgan fingerprint density at radius 3 is 1.92 bits per heavy atom. The van der Waals surface area contributed by atoms with Gasteiger partial charge in [-0.3, -0.25) is 4.79 Å². The van der Waals surface area contributed by atoms with E-state index in [1.54, 1.807) is 12.1 Å². The molecule has 2 N–H and O–H groups in total. The molecule has 0 fully saturated rings. The molecule has 24 heavy (non-hydrogen) atoms. The summed E-state index contributed by atoms with van der Waals surface area (Å²) < 4.78 is 52.2. The van der Waals surface area contributed by atoms with Gasteiger partial charge in [-0.25, -0.2) is 4.39 Å². The number of benzene rings is 2. The predicted octanol–water partition coefficient (Wildman–Crippen LogP) is 4.66. The fourth-order valence-electron chi connectivity index (χ4n) is 2.05. The van der Waals surface area contributed by atoms with Crippen LogP contribution in [0.15, 0.2) is 59.1 Å². The lowest BCUT2D eigenvalue weighted by Gasteiger charge is -2.14. The van der Waals surface area contributed by atoms with E-state index < -0.39 is 29.0 Å². The number of carbonyl (C=O) groups is 1. The molecule has 2 rings (SSSR count). The van der Waals surface area contributed by atoms with Gasteiger partial charge in [0, 0.05) is 10.5 Å². The monoisotopic (exact) mass is 355 g/mol. The van der Waals surface area contributed by atoms with Crippen molar-refractivity contribution in [3.8, 4) is 0 Å². The van der Waals surface area contributed by atoms with Gasteiger partial charge in [-0.2, -0.15) is 13.2 Å². The number of hydrogen-bond acceptors (Lipinski definition) is 3. The van der Waals surface area contributed by atoms with Crippen LogP contribution in [0.3, 0.4) is 0 Å². The van der Waals surface area contributed by atoms with Crippen LogP contribution in [0.1, 0.15) is 15.9 Å². The average molecular weight is 355 g/mol. The number of hydrogen-bond donors (Lipinski definition) is 1. The zero-order valence-corrected chi connectivity index (χ0v) is 13.3. The zero-order valence-electron chi connectivity index (χ0n) is 12.5. The van der Waals surface area contributed by atoms with E-state index in [0.717, 1.165) is 29.2 Å². The topological polar surface area (TPSA) is 43.1 Å². The molecule has 2 aromatic carbocycles. The Balaban J connectivity index is 2.57. The minimum atomic E-state index is -4.88. The van der Waals surface area contributed by atoms with E-state index in [-0.39, 0.29) is 11.1 Å². The molecule has 0 aromatic heterocycles. The standard InChI is InChI=1S/C17H13F4NOS/c1-24-13-8-4-11(5-9-13)15(23)14(16(22)17(19,20)21)10-2-6-12(18)7-3-10/h2-9H,22H2,1H3/b16-14-. The summed E-state index contributed by atoms with van der Waals surface area (Å²) in [6.07, 6.45) is -3.04. The number of thioether (sulfide) groups is 1. The van der Waals surface area contributed by atoms with Crippen LogP contribution in [0.2, 0.25) is 0 Å². The summed E-state index contributed by atoms with van der Waals surface area (Å²) in [4.78, 5) is 13.4. The maximum Gasteiger partial charge on any atom is 0.431 e. The van der Waals surface area contributed by atoms with Gasteiger partial charge >= 0.3 is 6.18 Å². The van der Waals surface area contributed by atoms with Crippen molar-refractivity contribution >= 4 is 23.1 Å². The maximum absolute atomic E-state index is 13.0. The second-order valence-corrected chi connectivity index (χ2v) is 5.73. The molecule has 0 bridgehead atoms. The van der Waals surface area contributed by atoms with Gasteiger partial charge in [-0.15, -0.1) is 11.8 Å². The van der Waals surface area contributed by atoms with E-state index in [1.165, 1.54) is 23.9 Å². The van der Waals surface area contributed by atoms with Gasteiger partial charge in [-0.1, -0.05) is 12.1 Å². The third-order valence-corrected chi connectivity index (χ3v) is 4.03. The summed E-state index contributed by atoms with van der Waals surface area (Å²) >= 11 is 1.44. The Kier molecular flexibility index (Phi) is 5.33. The maximum atomic E-state index is 13.0. The van der Waals surface area contributed by atoms with Crippen molar-refractivity contribution in [1.29, 1.82) is 0 Å². The van der Waals surface area contributed by atoms with Crippen molar-refractivity contribution < 1.29 is 22.4 Å². The molecule has 0 aliphatic carbocycles. The van der Waals surface area contributed by atoms with Crippen LogP contribution in [-0.4, -0.2) is 18.2 Å². The second kappa shape index (κ2) is 7.09. The van der Waals surface area contributed by atoms with Gasteiger partial charge in [0.1, 0.15) is 11.5 Å². The van der Waals surface area contributed by atoms with Crippen molar-refractivity contribution in [1.82, 2.24) is 0 Å². The minimum absolute atomic E-state index is 0.0688. The van der Waals surface area contributed by atoms with E-state index in [4.69, 9.17) is 5.73 Å². The highest BCUT2D eigenvalue weighted by Gasteiger charge is 2.36. The van der Waals surface area contributed by atoms with Crippen LogP contribution in [0.5, 0.6) is 0 Å². The molecule has 0 atom stereocenters. The number of allylic oxidation sites excluding steroid dienone is 2. The Labute approximate surface area is 140 Å². The quantitative estimate of drug-likeness (QED) is 0.375. The van der Waals surface area contributed by atoms with Crippen LogP contribution in [-0.2, 0) is 0 Å². The van der Waals surface area contributed by atoms with E-state index in [2.05, 4.69) is 0 Å². The smallest absolute Gasteiger partial charge is 0.394 e. The van der Waals surface area contributed by atoms with Crippen LogP contribution in [0, 0.1) is 5.82 Å². The zero-order chi connectivity index (χ0) is 17.9. The SMILES string of the molecule is CSc1ccc(C(=O)/C(=C(\N)C(F)(F)F)c2ccc(F)cc2)cc1. The van der Waals surface area contributed by atoms with Crippen molar-refractivity contribution in [3.63, 3.8) is 0 Å². The second-order valence-electron chi connectivity index (χ2n) is 4.85. The summed E-state index contributed by atoms with van der Waals surface area (Å²) in [6.45, 7) is 0. The lowest BCUT2D eigenvalue weighted by atomic mass is 9.94. The summed E-state index contributed by atoms with van der Waals surface area (Å²) in [7, 11) is 0. The number of carbonyl (C=O) groups excluding carboxylic acids is 1. The highest BCUT2D eigenvalue weighted by atomic mass is 32.2. The molecule has 126 valence electrons. The van der Waals surface area contributed by atoms with Gasteiger partial charge in [0.15, 0.2) is 5.78 Å². The normalized spacial score (nSPS) is 12.7. The summed E-state index contributed by atoms with van der Waals surface area (Å²) in [5.41, 5.74) is 2.97. The molecule has 0 saturated heterocycles. The summed E-state index contributed by atoms with van der Waals surface area (Å²) in [5.74, 6) is -1.50. The van der Waals surface area contributed by atoms with Gasteiger partial charge in [-0.05, 0) is 48.2 Å². The molecule has 0 saturated carbocycles. The van der Waals surface area contributed by atoms with Crippen LogP contribution >= 0.6 is 11.8 Å². The molecule has 0 amide bonds. The molecule has 2 aromatic rings. The molecule has 2 nitrogen and oxygen atoms in total. The Bertz CT molecular complexity index is 765. The van der Waals surface area contributed by atoms with E-state index in [1.807, 2.05) is 6.26 Å². The van der Waals surface area contributed by atoms with Crippen LogP contribution in [0.25, 0.3) is 5.57 Å². The number of halogens is 4. The van der Waals surface area contributed by atoms with Gasteiger partial charge in [0.2, 0.25) is 0 Å². The molecule has 0 radical (unpaired) electrons. The van der Waals surface area contributed by atoms with Crippen molar-refractivity contribution in [3.05, 3.63) is 71.2 Å². The van der Waals surface area contributed by atoms with Gasteiger partial charge < -0.3 is 5.73 Å². The molecule has 0 spiro atoms. The minimum Gasteiger partial charge on any atom is -0.394 e. The number of ketones is 1. The third kappa shape index (κ3) is 3.97. The highest BCUT2D eigenvalue weighted by molar-refractivity contribution is 7.98. The Morgan fingerprint density at radius 2 is 1.46 bits per heavy atom. The molecule has 0 heterocycles. The molecular weight excluding hydrogens is 342 g/mol. The Hall–Kier alpha value is -2.28. The largest absolute Gasteiger partial charge is 0.431 e. The third-order valence-electron chi connectivity index (χ3n) is 3.29. The molecule has 0 aliphatic rings. The lowest BCUT2D eigenvalue weighted by molar-refractivity contribution is -0.0920. The fourth-order valence-corrected chi connectivity index (χ4v) is 2.46. The van der Waals surface area contributed by atoms with Gasteiger partial charge in [0.05, 0.1) is 5.57 Å². The first-order valence-electron chi connectivity index (χ1n) is 6.75. The first-order chi connectivity index (χ1) is 11.2. The molecule has 0 unspecified atom stereocenters. The van der Waals surface area contributed by atoms with Crippen LogP contribution < -0.4 is 5.73 Å². The van der Waals surface area contributed by atoms with Crippen molar-refractivity contribution in [2.75, 3.05) is 6.26 Å². The van der Waals surface area contributed by atoms with E-state index in [0.29, 0.717) is 0 Å². The summed E-state index contributed by atoms with van der Waals surface area (Å²) in [6, 6.07) is 10.3. The predicted molar refractivity (Wildman–Crippen MR) is 86.1 cm³/mol. The first-order valence-corrected chi connectivity index (χ1v) is 7.98. The number of Topliss-reactive ketones (excluding diaryl/α,β-unsaturated/α-hetero) is 1. The van der Waals surface area contributed by atoms with Crippen molar-refractivity contribution in [2.24, 2.45) is 5.73 Å². The first kappa shape index (κ1) is 18.1. The van der Waals surface area contributed by atoms with E-state index in [9.17, 15) is 22.4 Å². The highest BCUT2D eigenvalue weighted by Crippen LogP contribution is 2.31. The molecule has 0 aliphatic heterocycles. The number of rotatable bonds is 4. The lowest BCUT2D eigenvalue weighted by Crippen LogP contribution is -2.24. The van der Waals surface area contributed by atoms with E-state index >= 15 is 0 Å². The average Bonchev–Trinajstić information content (AvgIpc) is 2.56. The summed E-state index contributed by atoms with van der Waals surface area (Å²) in [5, 5.41) is 0. The number of alkyl halides is 3. The Morgan fingerprint density at radius 1 is 0.958 bits per heavy atom. The van der Waals surface area contributed by atoms with Crippen LogP contribution in [0.4, 0.5) is 17.6 Å². The van der Waals surface area contributed by atoms with Crippen molar-refractivity contribution in [2.45, 2.75) is 11.1 Å². The van der Waals surface area contributed by atoms with Gasteiger partial charge in [0.25, 0.3) is 0 Å². The number of nitrogens with two attached hydrogens (primary N) is 1. The fraction of sp³-hybridized carbons (Fsp3) is 0.118. The molecule has 7 heteroatoms. The molecular formula is C17H13F4NOS.